The molecule has 4 rings (SSSR count). The second-order valence-electron chi connectivity index (χ2n) is 11.8. The molecule has 43 heavy (non-hydrogen) atoms. The topological polar surface area (TPSA) is 129 Å². The number of benzene rings is 2. The van der Waals surface area contributed by atoms with Crippen molar-refractivity contribution in [1.29, 1.82) is 0 Å². The first-order valence-electron chi connectivity index (χ1n) is 14.8. The second-order valence-corrected chi connectivity index (χ2v) is 11.8. The fourth-order valence-corrected chi connectivity index (χ4v) is 5.92. The van der Waals surface area contributed by atoms with Gasteiger partial charge in [0, 0.05) is 23.6 Å². The minimum Gasteiger partial charge on any atom is -0.493 e. The van der Waals surface area contributed by atoms with E-state index in [1.54, 1.807) is 51.2 Å². The molecule has 1 N–H and O–H groups in total. The highest BCUT2D eigenvalue weighted by atomic mass is 16.5. The number of esters is 1. The molecule has 2 atom stereocenters. The number of piperidine rings is 1. The van der Waals surface area contributed by atoms with Gasteiger partial charge in [-0.05, 0) is 74.3 Å². The Hall–Kier alpha value is -4.08. The van der Waals surface area contributed by atoms with Crippen LogP contribution in [0.2, 0.25) is 0 Å². The Morgan fingerprint density at radius 2 is 1.84 bits per heavy atom. The zero-order valence-electron chi connectivity index (χ0n) is 25.4. The number of carboxylic acids is 1. The van der Waals surface area contributed by atoms with Crippen LogP contribution in [0, 0.1) is 5.41 Å². The van der Waals surface area contributed by atoms with Crippen molar-refractivity contribution in [3.8, 4) is 17.2 Å². The van der Waals surface area contributed by atoms with Crippen molar-refractivity contribution in [2.45, 2.75) is 77.4 Å². The molecule has 0 spiro atoms. The molecule has 2 heterocycles. The third-order valence-electron chi connectivity index (χ3n) is 8.39. The number of ether oxygens (including phenoxy) is 4. The maximum absolute atomic E-state index is 13.6. The Labute approximate surface area is 252 Å². The van der Waals surface area contributed by atoms with E-state index in [-0.39, 0.29) is 6.42 Å². The molecule has 0 saturated carbocycles. The normalized spacial score (nSPS) is 21.4. The van der Waals surface area contributed by atoms with E-state index < -0.39 is 47.8 Å². The number of nitrogens with zero attached hydrogens (tertiary/aromatic N) is 1. The second kappa shape index (κ2) is 13.9. The Kier molecular flexibility index (Phi) is 10.3. The van der Waals surface area contributed by atoms with Gasteiger partial charge in [-0.1, -0.05) is 32.0 Å². The van der Waals surface area contributed by atoms with Gasteiger partial charge < -0.3 is 29.0 Å². The maximum atomic E-state index is 13.6. The summed E-state index contributed by atoms with van der Waals surface area (Å²) in [4.78, 5) is 53.2. The maximum Gasteiger partial charge on any atom is 0.341 e. The number of hydrogen-bond donors (Lipinski definition) is 1. The van der Waals surface area contributed by atoms with Crippen molar-refractivity contribution < 1.29 is 43.2 Å². The van der Waals surface area contributed by atoms with Crippen molar-refractivity contribution in [3.05, 3.63) is 53.1 Å². The number of ketones is 1. The number of carbonyl (C=O) groups excluding carboxylic acids is 3. The average Bonchev–Trinajstić information content (AvgIpc) is 3.00. The molecule has 2 aromatic carbocycles. The molecule has 232 valence electrons. The van der Waals surface area contributed by atoms with E-state index in [2.05, 4.69) is 0 Å². The zero-order chi connectivity index (χ0) is 31.1. The smallest absolute Gasteiger partial charge is 0.341 e. The van der Waals surface area contributed by atoms with Crippen LogP contribution in [-0.4, -0.2) is 67.0 Å². The quantitative estimate of drug-likeness (QED) is 0.373. The summed E-state index contributed by atoms with van der Waals surface area (Å²) >= 11 is 0. The molecule has 2 unspecified atom stereocenters. The van der Waals surface area contributed by atoms with Crippen molar-refractivity contribution in [2.24, 2.45) is 5.41 Å². The molecule has 10 nitrogen and oxygen atoms in total. The summed E-state index contributed by atoms with van der Waals surface area (Å²) in [6, 6.07) is 10.2. The first kappa shape index (κ1) is 31.8. The molecule has 0 aliphatic carbocycles. The fraction of sp³-hybridized carbons (Fsp3) is 0.515. The van der Waals surface area contributed by atoms with Crippen molar-refractivity contribution in [2.75, 3.05) is 27.4 Å². The molecule has 0 aromatic heterocycles. The van der Waals surface area contributed by atoms with E-state index in [1.165, 1.54) is 0 Å². The van der Waals surface area contributed by atoms with Crippen LogP contribution in [0.4, 0.5) is 0 Å². The first-order chi connectivity index (χ1) is 20.5. The number of fused-ring (bicyclic) bond motifs is 2. The molecule has 0 bridgehead atoms. The highest BCUT2D eigenvalue weighted by Gasteiger charge is 2.40. The van der Waals surface area contributed by atoms with E-state index in [0.717, 1.165) is 24.0 Å². The number of hydrogen-bond acceptors (Lipinski definition) is 8. The van der Waals surface area contributed by atoms with Gasteiger partial charge in [0.15, 0.2) is 18.1 Å². The molecular weight excluding hydrogens is 554 g/mol. The average molecular weight is 596 g/mol. The molecule has 0 radical (unpaired) electrons. The number of rotatable bonds is 6. The molecule has 2 aromatic rings. The van der Waals surface area contributed by atoms with Gasteiger partial charge in [0.05, 0.1) is 20.6 Å². The van der Waals surface area contributed by atoms with Crippen LogP contribution in [0.5, 0.6) is 17.2 Å². The largest absolute Gasteiger partial charge is 0.493 e. The summed E-state index contributed by atoms with van der Waals surface area (Å²) in [7, 11) is 3.13. The van der Waals surface area contributed by atoms with Crippen LogP contribution < -0.4 is 14.2 Å². The number of aliphatic carboxylic acids is 1. The number of aryl methyl sites for hydroxylation is 1. The van der Waals surface area contributed by atoms with Crippen LogP contribution in [0.1, 0.15) is 75.2 Å². The fourth-order valence-electron chi connectivity index (χ4n) is 5.92. The first-order valence-corrected chi connectivity index (χ1v) is 14.8. The van der Waals surface area contributed by atoms with Crippen LogP contribution in [-0.2, 0) is 36.8 Å². The van der Waals surface area contributed by atoms with E-state index >= 15 is 0 Å². The number of carbonyl (C=O) groups is 4. The van der Waals surface area contributed by atoms with E-state index in [1.807, 2.05) is 18.2 Å². The Morgan fingerprint density at radius 3 is 2.56 bits per heavy atom. The summed E-state index contributed by atoms with van der Waals surface area (Å²) in [5, 5.41) is 9.04. The molecule has 1 amide bonds. The summed E-state index contributed by atoms with van der Waals surface area (Å²) in [6.45, 7) is 3.50. The standard InChI is InChI=1S/C33H41NO9/c1-33(2)16-15-25-21(12-14-27(40-3)30(25)41-4)11-13-26(22-8-7-10-24(18-22)42-20-28(35)36)43-29(37)19-23-9-5-6-17-34(23)32(39)31(33)38/h7-8,10,12,14,18,23,26H,5-6,9,11,13,15-17,19-20H2,1-4H3,(H,35,36). The van der Waals surface area contributed by atoms with Gasteiger partial charge in [0.1, 0.15) is 11.9 Å². The Bertz CT molecular complexity index is 1350. The molecule has 1 saturated heterocycles. The summed E-state index contributed by atoms with van der Waals surface area (Å²) in [5.41, 5.74) is 1.53. The molecule has 2 aliphatic rings. The third-order valence-corrected chi connectivity index (χ3v) is 8.39. The third kappa shape index (κ3) is 7.66. The Balaban J connectivity index is 1.75. The molecule has 2 aliphatic heterocycles. The van der Waals surface area contributed by atoms with Gasteiger partial charge in [-0.25, -0.2) is 4.79 Å². The highest BCUT2D eigenvalue weighted by Crippen LogP contribution is 2.39. The van der Waals surface area contributed by atoms with Crippen molar-refractivity contribution in [1.82, 2.24) is 4.90 Å². The minimum absolute atomic E-state index is 0.0211. The Morgan fingerprint density at radius 1 is 1.05 bits per heavy atom. The molecule has 1 fully saturated rings. The number of amides is 1. The SMILES string of the molecule is COc1ccc2c(c1OC)CCC(C)(C)C(=O)C(=O)N1CCCCC1CC(=O)OC(c1cccc(OCC(=O)O)c1)CC2. The summed E-state index contributed by atoms with van der Waals surface area (Å²) < 4.78 is 22.8. The monoisotopic (exact) mass is 595 g/mol. The highest BCUT2D eigenvalue weighted by molar-refractivity contribution is 6.38. The van der Waals surface area contributed by atoms with Gasteiger partial charge >= 0.3 is 11.9 Å². The summed E-state index contributed by atoms with van der Waals surface area (Å²) in [6.07, 6.45) is 3.35. The van der Waals surface area contributed by atoms with E-state index in [0.29, 0.717) is 61.5 Å². The van der Waals surface area contributed by atoms with Gasteiger partial charge in [0.2, 0.25) is 5.78 Å². The number of Topliss-reactive ketones (excluding diaryl/α,β-unsaturated/α-hetero) is 1. The van der Waals surface area contributed by atoms with Crippen LogP contribution in [0.3, 0.4) is 0 Å². The zero-order valence-corrected chi connectivity index (χ0v) is 25.4. The van der Waals surface area contributed by atoms with E-state index in [9.17, 15) is 19.2 Å². The van der Waals surface area contributed by atoms with Crippen molar-refractivity contribution >= 4 is 23.6 Å². The lowest BCUT2D eigenvalue weighted by Crippen LogP contribution is -2.50. The summed E-state index contributed by atoms with van der Waals surface area (Å²) in [5.74, 6) is -1.13. The molecular formula is C33H41NO9. The van der Waals surface area contributed by atoms with Gasteiger partial charge in [-0.3, -0.25) is 14.4 Å². The van der Waals surface area contributed by atoms with E-state index in [4.69, 9.17) is 24.1 Å². The number of methoxy groups -OCH3 is 2. The van der Waals surface area contributed by atoms with Gasteiger partial charge in [-0.2, -0.15) is 0 Å². The number of cyclic esters (lactones) is 1. The van der Waals surface area contributed by atoms with Crippen molar-refractivity contribution in [3.63, 3.8) is 0 Å². The lowest BCUT2D eigenvalue weighted by atomic mass is 9.80. The van der Waals surface area contributed by atoms with Crippen LogP contribution >= 0.6 is 0 Å². The predicted octanol–water partition coefficient (Wildman–Crippen LogP) is 4.70. The minimum atomic E-state index is -1.10. The van der Waals surface area contributed by atoms with Crippen LogP contribution in [0.15, 0.2) is 36.4 Å². The lowest BCUT2D eigenvalue weighted by molar-refractivity contribution is -0.156. The predicted molar refractivity (Wildman–Crippen MR) is 157 cm³/mol. The lowest BCUT2D eigenvalue weighted by Gasteiger charge is -2.36. The van der Waals surface area contributed by atoms with Gasteiger partial charge in [0.25, 0.3) is 5.91 Å². The van der Waals surface area contributed by atoms with Gasteiger partial charge in [-0.15, -0.1) is 0 Å². The van der Waals surface area contributed by atoms with Crippen LogP contribution in [0.25, 0.3) is 0 Å². The molecule has 10 heteroatoms. The number of carboxylic acid groups (broad SMARTS) is 1.